The maximum atomic E-state index is 6.20. The van der Waals surface area contributed by atoms with Gasteiger partial charge in [-0.05, 0) is 112 Å². The second-order valence-corrected chi connectivity index (χ2v) is 13.3. The van der Waals surface area contributed by atoms with Crippen LogP contribution in [0.4, 0.5) is 17.1 Å². The largest absolute Gasteiger partial charge is 0.456 e. The van der Waals surface area contributed by atoms with Crippen molar-refractivity contribution >= 4 is 39.0 Å². The number of hydrogen-bond acceptors (Lipinski definition) is 2. The fraction of sp³-hybridized carbons (Fsp3) is 0.106. The topological polar surface area (TPSA) is 16.4 Å². The van der Waals surface area contributed by atoms with Crippen molar-refractivity contribution in [3.63, 3.8) is 0 Å². The summed E-state index contributed by atoms with van der Waals surface area (Å²) in [6.45, 7) is 0. The lowest BCUT2D eigenvalue weighted by Crippen LogP contribution is -2.09. The highest BCUT2D eigenvalue weighted by molar-refractivity contribution is 6.05. The Bertz CT molecular complexity index is 2340. The number of rotatable bonds is 7. The lowest BCUT2D eigenvalue weighted by atomic mass is 9.95. The molecule has 0 atom stereocenters. The van der Waals surface area contributed by atoms with E-state index in [-0.39, 0.29) is 0 Å². The molecule has 1 aliphatic rings. The van der Waals surface area contributed by atoms with Crippen LogP contribution in [0.5, 0.6) is 0 Å². The van der Waals surface area contributed by atoms with Crippen molar-refractivity contribution in [3.05, 3.63) is 175 Å². The van der Waals surface area contributed by atoms with Gasteiger partial charge in [0.2, 0.25) is 0 Å². The molecule has 8 aromatic rings. The zero-order chi connectivity index (χ0) is 32.6. The van der Waals surface area contributed by atoms with Gasteiger partial charge in [0, 0.05) is 27.8 Å². The van der Waals surface area contributed by atoms with Gasteiger partial charge < -0.3 is 9.32 Å². The van der Waals surface area contributed by atoms with Crippen molar-refractivity contribution in [1.29, 1.82) is 0 Å². The Labute approximate surface area is 287 Å². The molecular formula is C47H37NO. The van der Waals surface area contributed by atoms with E-state index >= 15 is 0 Å². The lowest BCUT2D eigenvalue weighted by molar-refractivity contribution is 0.669. The van der Waals surface area contributed by atoms with E-state index < -0.39 is 0 Å². The molecule has 1 heterocycles. The summed E-state index contributed by atoms with van der Waals surface area (Å²) in [5, 5.41) is 2.30. The van der Waals surface area contributed by atoms with Gasteiger partial charge in [-0.1, -0.05) is 128 Å². The molecule has 0 bridgehead atoms. The first-order chi connectivity index (χ1) is 24.3. The van der Waals surface area contributed by atoms with Gasteiger partial charge in [0.15, 0.2) is 0 Å². The van der Waals surface area contributed by atoms with E-state index in [1.54, 1.807) is 0 Å². The van der Waals surface area contributed by atoms with E-state index in [1.165, 1.54) is 53.5 Å². The van der Waals surface area contributed by atoms with Crippen LogP contribution in [0.15, 0.2) is 174 Å². The average Bonchev–Trinajstić information content (AvgIpc) is 3.85. The van der Waals surface area contributed by atoms with Crippen molar-refractivity contribution in [2.24, 2.45) is 0 Å². The fourth-order valence-corrected chi connectivity index (χ4v) is 7.60. The highest BCUT2D eigenvalue weighted by Crippen LogP contribution is 2.39. The highest BCUT2D eigenvalue weighted by atomic mass is 16.3. The number of para-hydroxylation sites is 1. The molecule has 1 saturated carbocycles. The van der Waals surface area contributed by atoms with Gasteiger partial charge in [0.25, 0.3) is 0 Å². The average molecular weight is 632 g/mol. The second kappa shape index (κ2) is 12.6. The Morgan fingerprint density at radius 3 is 1.43 bits per heavy atom. The molecule has 0 saturated heterocycles. The molecule has 0 radical (unpaired) electrons. The van der Waals surface area contributed by atoms with Crippen LogP contribution < -0.4 is 4.90 Å². The molecule has 0 aliphatic heterocycles. The third-order valence-corrected chi connectivity index (χ3v) is 10.3. The van der Waals surface area contributed by atoms with Crippen LogP contribution in [0, 0.1) is 0 Å². The Hall–Kier alpha value is -5.86. The van der Waals surface area contributed by atoms with E-state index in [2.05, 4.69) is 163 Å². The van der Waals surface area contributed by atoms with Crippen molar-refractivity contribution in [2.75, 3.05) is 4.90 Å². The molecule has 1 aliphatic carbocycles. The molecule has 0 spiro atoms. The fourth-order valence-electron chi connectivity index (χ4n) is 7.60. The molecule has 0 N–H and O–H groups in total. The number of benzene rings is 7. The molecular weight excluding hydrogens is 595 g/mol. The molecule has 49 heavy (non-hydrogen) atoms. The van der Waals surface area contributed by atoms with Gasteiger partial charge >= 0.3 is 0 Å². The Morgan fingerprint density at radius 1 is 0.388 bits per heavy atom. The van der Waals surface area contributed by atoms with Crippen LogP contribution >= 0.6 is 0 Å². The SMILES string of the molecule is c1ccc(-c2ccc(N(c3ccc(-c4ccc(C5CCCC5)cc4)cc3)c3ccc(-c4ccc5c(c4)oc4ccccc45)cc3)cc2)cc1. The van der Waals surface area contributed by atoms with Crippen molar-refractivity contribution in [2.45, 2.75) is 31.6 Å². The molecule has 9 rings (SSSR count). The highest BCUT2D eigenvalue weighted by Gasteiger charge is 2.17. The standard InChI is InChI=1S/C47H37NO/c1-2-8-33(9-3-1)37-18-25-41(26-19-37)48(42-27-20-38(21-28-42)36-16-14-35(15-17-36)34-10-4-5-11-34)43-29-22-39(23-30-43)40-24-31-45-44-12-6-7-13-46(44)49-47(45)32-40/h1-3,6-9,12-32,34H,4-5,10-11H2. The number of nitrogens with zero attached hydrogens (tertiary/aromatic N) is 1. The van der Waals surface area contributed by atoms with Gasteiger partial charge in [0.1, 0.15) is 11.2 Å². The Kier molecular flexibility index (Phi) is 7.55. The van der Waals surface area contributed by atoms with E-state index in [9.17, 15) is 0 Å². The lowest BCUT2D eigenvalue weighted by Gasteiger charge is -2.26. The van der Waals surface area contributed by atoms with Gasteiger partial charge in [-0.25, -0.2) is 0 Å². The predicted molar refractivity (Wildman–Crippen MR) is 206 cm³/mol. The van der Waals surface area contributed by atoms with Gasteiger partial charge in [-0.15, -0.1) is 0 Å². The number of fused-ring (bicyclic) bond motifs is 3. The minimum atomic E-state index is 0.734. The molecule has 0 amide bonds. The third kappa shape index (κ3) is 5.70. The van der Waals surface area contributed by atoms with E-state index in [4.69, 9.17) is 4.42 Å². The van der Waals surface area contributed by atoms with E-state index in [1.807, 2.05) is 12.1 Å². The summed E-state index contributed by atoms with van der Waals surface area (Å²) in [6.07, 6.45) is 5.38. The molecule has 2 heteroatoms. The first kappa shape index (κ1) is 29.3. The predicted octanol–water partition coefficient (Wildman–Crippen LogP) is 13.7. The molecule has 236 valence electrons. The van der Waals surface area contributed by atoms with Crippen LogP contribution in [0.3, 0.4) is 0 Å². The minimum absolute atomic E-state index is 0.734. The normalized spacial score (nSPS) is 13.3. The Morgan fingerprint density at radius 2 is 0.837 bits per heavy atom. The monoisotopic (exact) mass is 631 g/mol. The maximum Gasteiger partial charge on any atom is 0.136 e. The summed E-state index contributed by atoms with van der Waals surface area (Å²) >= 11 is 0. The van der Waals surface area contributed by atoms with Crippen molar-refractivity contribution in [1.82, 2.24) is 0 Å². The summed E-state index contributed by atoms with van der Waals surface area (Å²) < 4.78 is 6.20. The Balaban J connectivity index is 1.05. The smallest absolute Gasteiger partial charge is 0.136 e. The van der Waals surface area contributed by atoms with Gasteiger partial charge in [0.05, 0.1) is 0 Å². The van der Waals surface area contributed by atoms with Crippen LogP contribution in [0.25, 0.3) is 55.3 Å². The third-order valence-electron chi connectivity index (χ3n) is 10.3. The molecule has 7 aromatic carbocycles. The zero-order valence-corrected chi connectivity index (χ0v) is 27.4. The summed E-state index contributed by atoms with van der Waals surface area (Å²) in [6, 6.07) is 61.3. The van der Waals surface area contributed by atoms with Crippen LogP contribution in [0.1, 0.15) is 37.2 Å². The summed E-state index contributed by atoms with van der Waals surface area (Å²) in [7, 11) is 0. The molecule has 2 nitrogen and oxygen atoms in total. The zero-order valence-electron chi connectivity index (χ0n) is 27.4. The van der Waals surface area contributed by atoms with Crippen molar-refractivity contribution in [3.8, 4) is 33.4 Å². The number of anilines is 3. The van der Waals surface area contributed by atoms with Crippen molar-refractivity contribution < 1.29 is 4.42 Å². The second-order valence-electron chi connectivity index (χ2n) is 13.3. The number of hydrogen-bond donors (Lipinski definition) is 0. The maximum absolute atomic E-state index is 6.20. The van der Waals surface area contributed by atoms with Gasteiger partial charge in [-0.3, -0.25) is 0 Å². The first-order valence-electron chi connectivity index (χ1n) is 17.4. The molecule has 1 aromatic heterocycles. The van der Waals surface area contributed by atoms with Crippen LogP contribution in [0.2, 0.25) is 0 Å². The van der Waals surface area contributed by atoms with E-state index in [0.29, 0.717) is 0 Å². The molecule has 0 unspecified atom stereocenters. The quantitative estimate of drug-likeness (QED) is 0.174. The van der Waals surface area contributed by atoms with Crippen LogP contribution in [-0.2, 0) is 0 Å². The summed E-state index contributed by atoms with van der Waals surface area (Å²) in [4.78, 5) is 2.34. The van der Waals surface area contributed by atoms with Crippen LogP contribution in [-0.4, -0.2) is 0 Å². The summed E-state index contributed by atoms with van der Waals surface area (Å²) in [5.41, 5.74) is 13.9. The molecule has 1 fully saturated rings. The minimum Gasteiger partial charge on any atom is -0.456 e. The van der Waals surface area contributed by atoms with E-state index in [0.717, 1.165) is 56.0 Å². The number of furan rings is 1. The first-order valence-corrected chi connectivity index (χ1v) is 17.4. The summed E-state index contributed by atoms with van der Waals surface area (Å²) in [5.74, 6) is 0.734. The van der Waals surface area contributed by atoms with Gasteiger partial charge in [-0.2, -0.15) is 0 Å².